The number of anilines is 1. The minimum atomic E-state index is -0.376. The standard InChI is InChI=1S/C16H22N2O5/c1-13(19)22-10-8-18(9-11-23-14(2)20)12-16(21)17-15-6-4-3-5-7-15/h3-7H,8-12H2,1-2H3,(H,17,21). The number of ether oxygens (including phenoxy) is 2. The third kappa shape index (κ3) is 9.26. The molecule has 126 valence electrons. The number of nitrogens with zero attached hydrogens (tertiary/aromatic N) is 1. The second-order valence-corrected chi connectivity index (χ2v) is 4.87. The van der Waals surface area contributed by atoms with Crippen molar-refractivity contribution < 1.29 is 23.9 Å². The fraction of sp³-hybridized carbons (Fsp3) is 0.438. The summed E-state index contributed by atoms with van der Waals surface area (Å²) < 4.78 is 9.76. The van der Waals surface area contributed by atoms with Gasteiger partial charge in [-0.3, -0.25) is 19.3 Å². The molecule has 7 heteroatoms. The number of carbonyl (C=O) groups is 3. The summed E-state index contributed by atoms with van der Waals surface area (Å²) in [4.78, 5) is 35.4. The number of hydrogen-bond acceptors (Lipinski definition) is 6. The molecule has 0 bridgehead atoms. The van der Waals surface area contributed by atoms with Gasteiger partial charge >= 0.3 is 11.9 Å². The maximum atomic E-state index is 12.0. The van der Waals surface area contributed by atoms with Gasteiger partial charge in [-0.25, -0.2) is 0 Å². The number of para-hydroxylation sites is 1. The fourth-order valence-corrected chi connectivity index (χ4v) is 1.83. The molecule has 1 rings (SSSR count). The summed E-state index contributed by atoms with van der Waals surface area (Å²) >= 11 is 0. The Bertz CT molecular complexity index is 498. The number of amides is 1. The smallest absolute Gasteiger partial charge is 0.302 e. The number of nitrogens with one attached hydrogen (secondary N) is 1. The topological polar surface area (TPSA) is 84.9 Å². The van der Waals surface area contributed by atoms with Gasteiger partial charge in [-0.15, -0.1) is 0 Å². The molecular formula is C16H22N2O5. The van der Waals surface area contributed by atoms with Gasteiger partial charge < -0.3 is 14.8 Å². The van der Waals surface area contributed by atoms with Gasteiger partial charge in [-0.2, -0.15) is 0 Å². The molecule has 0 heterocycles. The molecule has 0 aliphatic rings. The number of benzene rings is 1. The summed E-state index contributed by atoms with van der Waals surface area (Å²) in [6.45, 7) is 3.86. The molecule has 0 radical (unpaired) electrons. The molecule has 1 aromatic carbocycles. The van der Waals surface area contributed by atoms with E-state index in [1.165, 1.54) is 13.8 Å². The Kier molecular flexibility index (Phi) is 8.38. The van der Waals surface area contributed by atoms with Gasteiger partial charge in [-0.1, -0.05) is 18.2 Å². The first-order valence-corrected chi connectivity index (χ1v) is 7.31. The van der Waals surface area contributed by atoms with Crippen LogP contribution in [0.3, 0.4) is 0 Å². The van der Waals surface area contributed by atoms with Crippen LogP contribution in [0.15, 0.2) is 30.3 Å². The van der Waals surface area contributed by atoms with Gasteiger partial charge in [0.1, 0.15) is 13.2 Å². The van der Waals surface area contributed by atoms with E-state index in [1.54, 1.807) is 17.0 Å². The zero-order chi connectivity index (χ0) is 17.1. The van der Waals surface area contributed by atoms with Crippen LogP contribution in [-0.2, 0) is 23.9 Å². The summed E-state index contributed by atoms with van der Waals surface area (Å²) in [5, 5.41) is 2.77. The molecular weight excluding hydrogens is 300 g/mol. The van der Waals surface area contributed by atoms with Crippen molar-refractivity contribution in [3.63, 3.8) is 0 Å². The van der Waals surface area contributed by atoms with Crippen molar-refractivity contribution in [3.05, 3.63) is 30.3 Å². The lowest BCUT2D eigenvalue weighted by Gasteiger charge is -2.21. The molecule has 0 unspecified atom stereocenters. The molecule has 0 aliphatic heterocycles. The lowest BCUT2D eigenvalue weighted by Crippen LogP contribution is -2.38. The SMILES string of the molecule is CC(=O)OCCN(CCOC(C)=O)CC(=O)Nc1ccccc1. The van der Waals surface area contributed by atoms with Crippen LogP contribution in [0.2, 0.25) is 0 Å². The van der Waals surface area contributed by atoms with E-state index >= 15 is 0 Å². The maximum Gasteiger partial charge on any atom is 0.302 e. The first-order valence-electron chi connectivity index (χ1n) is 7.31. The summed E-state index contributed by atoms with van der Waals surface area (Å²) in [6.07, 6.45) is 0. The van der Waals surface area contributed by atoms with Crippen molar-refractivity contribution in [2.75, 3.05) is 38.2 Å². The van der Waals surface area contributed by atoms with Crippen molar-refractivity contribution in [1.82, 2.24) is 4.90 Å². The van der Waals surface area contributed by atoms with E-state index < -0.39 is 0 Å². The van der Waals surface area contributed by atoms with Gasteiger partial charge in [0.2, 0.25) is 5.91 Å². The van der Waals surface area contributed by atoms with E-state index in [0.29, 0.717) is 18.8 Å². The van der Waals surface area contributed by atoms with Crippen LogP contribution in [0.4, 0.5) is 5.69 Å². The summed E-state index contributed by atoms with van der Waals surface area (Å²) in [5.74, 6) is -0.945. The molecule has 1 N–H and O–H groups in total. The van der Waals surface area contributed by atoms with E-state index in [2.05, 4.69) is 5.32 Å². The van der Waals surface area contributed by atoms with Gasteiger partial charge in [0.25, 0.3) is 0 Å². The average Bonchev–Trinajstić information content (AvgIpc) is 2.47. The van der Waals surface area contributed by atoms with Gasteiger partial charge in [-0.05, 0) is 12.1 Å². The molecule has 0 spiro atoms. The number of esters is 2. The molecule has 0 fully saturated rings. The lowest BCUT2D eigenvalue weighted by atomic mass is 10.3. The number of rotatable bonds is 9. The Morgan fingerprint density at radius 3 is 1.96 bits per heavy atom. The highest BCUT2D eigenvalue weighted by Gasteiger charge is 2.12. The summed E-state index contributed by atoms with van der Waals surface area (Å²) in [7, 11) is 0. The van der Waals surface area contributed by atoms with E-state index in [-0.39, 0.29) is 37.6 Å². The van der Waals surface area contributed by atoms with Crippen LogP contribution in [0, 0.1) is 0 Å². The van der Waals surface area contributed by atoms with Crippen molar-refractivity contribution in [3.8, 4) is 0 Å². The van der Waals surface area contributed by atoms with Crippen LogP contribution in [0.1, 0.15) is 13.8 Å². The zero-order valence-corrected chi connectivity index (χ0v) is 13.4. The van der Waals surface area contributed by atoms with Crippen LogP contribution >= 0.6 is 0 Å². The van der Waals surface area contributed by atoms with E-state index in [0.717, 1.165) is 0 Å². The molecule has 23 heavy (non-hydrogen) atoms. The molecule has 0 aliphatic carbocycles. The van der Waals surface area contributed by atoms with Crippen LogP contribution in [0.5, 0.6) is 0 Å². The normalized spacial score (nSPS) is 10.2. The summed E-state index contributed by atoms with van der Waals surface area (Å²) in [5.41, 5.74) is 0.706. The minimum absolute atomic E-state index is 0.109. The van der Waals surface area contributed by atoms with Crippen molar-refractivity contribution >= 4 is 23.5 Å². The van der Waals surface area contributed by atoms with E-state index in [4.69, 9.17) is 9.47 Å². The highest BCUT2D eigenvalue weighted by Crippen LogP contribution is 2.05. The van der Waals surface area contributed by atoms with Gasteiger partial charge in [0.15, 0.2) is 0 Å². The van der Waals surface area contributed by atoms with Crippen molar-refractivity contribution in [2.24, 2.45) is 0 Å². The lowest BCUT2D eigenvalue weighted by molar-refractivity contribution is -0.141. The highest BCUT2D eigenvalue weighted by atomic mass is 16.5. The first kappa shape index (κ1) is 18.6. The molecule has 0 aromatic heterocycles. The Morgan fingerprint density at radius 1 is 0.957 bits per heavy atom. The second kappa shape index (κ2) is 10.3. The third-order valence-electron chi connectivity index (χ3n) is 2.85. The maximum absolute atomic E-state index is 12.0. The minimum Gasteiger partial charge on any atom is -0.465 e. The Morgan fingerprint density at radius 2 is 1.48 bits per heavy atom. The predicted octanol–water partition coefficient (Wildman–Crippen LogP) is 1.05. The van der Waals surface area contributed by atoms with Crippen LogP contribution in [-0.4, -0.2) is 55.6 Å². The van der Waals surface area contributed by atoms with Crippen LogP contribution in [0.25, 0.3) is 0 Å². The predicted molar refractivity (Wildman–Crippen MR) is 84.8 cm³/mol. The highest BCUT2D eigenvalue weighted by molar-refractivity contribution is 5.92. The zero-order valence-electron chi connectivity index (χ0n) is 13.4. The number of hydrogen-bond donors (Lipinski definition) is 1. The quantitative estimate of drug-likeness (QED) is 0.684. The fourth-order valence-electron chi connectivity index (χ4n) is 1.83. The van der Waals surface area contributed by atoms with E-state index in [9.17, 15) is 14.4 Å². The largest absolute Gasteiger partial charge is 0.465 e. The Labute approximate surface area is 135 Å². The monoisotopic (exact) mass is 322 g/mol. The average molecular weight is 322 g/mol. The Hall–Kier alpha value is -2.41. The molecule has 0 saturated heterocycles. The number of carbonyl (C=O) groups excluding carboxylic acids is 3. The molecule has 0 saturated carbocycles. The molecule has 1 amide bonds. The van der Waals surface area contributed by atoms with Gasteiger partial charge in [0, 0.05) is 32.6 Å². The molecule has 1 aromatic rings. The van der Waals surface area contributed by atoms with Gasteiger partial charge in [0.05, 0.1) is 6.54 Å². The van der Waals surface area contributed by atoms with Crippen molar-refractivity contribution in [2.45, 2.75) is 13.8 Å². The second-order valence-electron chi connectivity index (χ2n) is 4.87. The first-order chi connectivity index (χ1) is 11.0. The molecule has 0 atom stereocenters. The third-order valence-corrected chi connectivity index (χ3v) is 2.85. The van der Waals surface area contributed by atoms with Crippen LogP contribution < -0.4 is 5.32 Å². The Balaban J connectivity index is 2.46. The van der Waals surface area contributed by atoms with Crippen molar-refractivity contribution in [1.29, 1.82) is 0 Å². The summed E-state index contributed by atoms with van der Waals surface area (Å²) in [6, 6.07) is 9.10. The van der Waals surface area contributed by atoms with E-state index in [1.807, 2.05) is 18.2 Å². The molecule has 7 nitrogen and oxygen atoms in total.